The van der Waals surface area contributed by atoms with Crippen molar-refractivity contribution < 1.29 is 107 Å². The van der Waals surface area contributed by atoms with E-state index in [-0.39, 0.29) is 117 Å². The fourth-order valence-corrected chi connectivity index (χ4v) is 11.7. The van der Waals surface area contributed by atoms with Crippen LogP contribution in [0.4, 0.5) is 0 Å². The van der Waals surface area contributed by atoms with Gasteiger partial charge in [-0.3, -0.25) is 0 Å². The van der Waals surface area contributed by atoms with Crippen molar-refractivity contribution in [3.63, 3.8) is 0 Å². The molecule has 84 heavy (non-hydrogen) atoms. The molecular weight excluding hydrogens is 1100 g/mol. The van der Waals surface area contributed by atoms with Crippen molar-refractivity contribution in [1.29, 1.82) is 0 Å². The summed E-state index contributed by atoms with van der Waals surface area (Å²) in [6.07, 6.45) is -6.70. The van der Waals surface area contributed by atoms with Gasteiger partial charge in [0.2, 0.25) is 18.3 Å². The molecule has 4 fully saturated rings. The largest absolute Gasteiger partial charge is 0.504 e. The molecule has 0 spiro atoms. The summed E-state index contributed by atoms with van der Waals surface area (Å²) >= 11 is 0. The number of phenols is 3. The number of hydrogen-bond donors (Lipinski definition) is 7. The maximum absolute atomic E-state index is 11.7. The summed E-state index contributed by atoms with van der Waals surface area (Å²) in [5.74, 6) is 2.11. The van der Waals surface area contributed by atoms with Gasteiger partial charge in [-0.05, 0) is 106 Å². The second-order valence-corrected chi connectivity index (χ2v) is 20.7. The summed E-state index contributed by atoms with van der Waals surface area (Å²) in [6.45, 7) is -0.0501. The number of phenolic OH excluding ortho intramolecular Hbond substituents is 3. The zero-order valence-corrected chi connectivity index (χ0v) is 47.4. The van der Waals surface area contributed by atoms with Crippen LogP contribution in [-0.4, -0.2) is 144 Å². The van der Waals surface area contributed by atoms with Crippen LogP contribution < -0.4 is 52.1 Å². The number of fused-ring (bicyclic) bond motifs is 2. The van der Waals surface area contributed by atoms with Crippen molar-refractivity contribution in [3.8, 4) is 80.5 Å². The van der Waals surface area contributed by atoms with E-state index in [0.717, 1.165) is 22.3 Å². The minimum Gasteiger partial charge on any atom is -0.504 e. The number of hydrogen-bond acceptors (Lipinski definition) is 22. The molecule has 0 radical (unpaired) electrons. The SMILES string of the molecule is COc1cc([C@H]2OC[C@H]3[C@@H]2CO[C@@H]3c2cc(OC)c(O[C@H](CO)[C@H](O)c3ccc(O)c(OCOc4ccc([C@@H](O)[C@@H](CO)Oc5c(OC)cc([C@H]6OC[C@H]7[C@@H]6CO[C@@H]7c6ccc(O)c(OC)c6)cc5OC)cc4OC)c3)c(OC)c2)ccc1O. The van der Waals surface area contributed by atoms with E-state index in [1.807, 2.05) is 12.1 Å². The van der Waals surface area contributed by atoms with Crippen molar-refractivity contribution >= 4 is 0 Å². The minimum atomic E-state index is -1.47. The summed E-state index contributed by atoms with van der Waals surface area (Å²) < 4.78 is 89.1. The van der Waals surface area contributed by atoms with Gasteiger partial charge in [-0.25, -0.2) is 0 Å². The molecule has 12 atom stereocenters. The number of ether oxygens (including phenoxy) is 15. The molecule has 0 bridgehead atoms. The highest BCUT2D eigenvalue weighted by Crippen LogP contribution is 2.55. The van der Waals surface area contributed by atoms with Crippen LogP contribution in [0.15, 0.2) is 97.1 Å². The van der Waals surface area contributed by atoms with Gasteiger partial charge in [-0.15, -0.1) is 0 Å². The molecule has 10 rings (SSSR count). The standard InChI is InChI=1S/C62H70O22/c1-70-45-18-33(9-13-41(45)65)57-37-26-79-59(39(37)28-77-57)35-20-49(73-4)61(50(21-35)74-5)83-53(24-63)55(68)31-8-12-43(67)47(16-31)82-30-81-44-15-11-32(17-48(44)72-3)56(69)54(25-64)84-62-51(75-6)22-36(23-52(62)76-7)60-40-29-78-58(38(40)27-80-60)34-10-14-42(66)46(19-34)71-2/h8-23,37-40,53-60,63-69H,24-30H2,1-7H3/t37-,38-,39-,40-,53+,54+,55+,56+,57+,58+,59+,60+/m0/s1. The van der Waals surface area contributed by atoms with Gasteiger partial charge in [0.1, 0.15) is 12.2 Å². The predicted molar refractivity (Wildman–Crippen MR) is 297 cm³/mol. The van der Waals surface area contributed by atoms with Crippen LogP contribution in [0, 0.1) is 23.7 Å². The summed E-state index contributed by atoms with van der Waals surface area (Å²) in [5, 5.41) is 75.7. The third-order valence-electron chi connectivity index (χ3n) is 16.1. The van der Waals surface area contributed by atoms with Gasteiger partial charge in [0, 0.05) is 23.7 Å². The Labute approximate surface area is 484 Å². The Morgan fingerprint density at radius 3 is 1.08 bits per heavy atom. The molecule has 0 saturated carbocycles. The fraction of sp³-hybridized carbons (Fsp3) is 0.419. The highest BCUT2D eigenvalue weighted by molar-refractivity contribution is 5.57. The van der Waals surface area contributed by atoms with Crippen molar-refractivity contribution in [1.82, 2.24) is 0 Å². The summed E-state index contributed by atoms with van der Waals surface area (Å²) in [6, 6.07) is 26.2. The van der Waals surface area contributed by atoms with Gasteiger partial charge in [-0.1, -0.05) is 24.3 Å². The zero-order chi connectivity index (χ0) is 59.3. The van der Waals surface area contributed by atoms with Gasteiger partial charge >= 0.3 is 0 Å². The van der Waals surface area contributed by atoms with Gasteiger partial charge in [-0.2, -0.15) is 0 Å². The second-order valence-electron chi connectivity index (χ2n) is 20.7. The van der Waals surface area contributed by atoms with Crippen molar-refractivity contribution in [2.75, 3.05) is 96.2 Å². The van der Waals surface area contributed by atoms with Gasteiger partial charge in [0.05, 0.1) is 114 Å². The van der Waals surface area contributed by atoms with Crippen LogP contribution in [0.3, 0.4) is 0 Å². The summed E-state index contributed by atoms with van der Waals surface area (Å²) in [4.78, 5) is 0. The Kier molecular flexibility index (Phi) is 18.4. The van der Waals surface area contributed by atoms with E-state index in [0.29, 0.717) is 43.5 Å². The number of aliphatic hydroxyl groups excluding tert-OH is 4. The first kappa shape index (κ1) is 59.4. The fourth-order valence-electron chi connectivity index (χ4n) is 11.7. The number of aromatic hydroxyl groups is 3. The first-order valence-electron chi connectivity index (χ1n) is 27.2. The van der Waals surface area contributed by atoms with Crippen LogP contribution >= 0.6 is 0 Å². The molecule has 4 heterocycles. The first-order chi connectivity index (χ1) is 40.8. The van der Waals surface area contributed by atoms with E-state index in [2.05, 4.69) is 0 Å². The molecule has 22 heteroatoms. The van der Waals surface area contributed by atoms with E-state index in [4.69, 9.17) is 71.1 Å². The molecule has 4 saturated heterocycles. The quantitative estimate of drug-likeness (QED) is 0.0275. The maximum atomic E-state index is 11.7. The van der Waals surface area contributed by atoms with Crippen LogP contribution in [0.2, 0.25) is 0 Å². The van der Waals surface area contributed by atoms with Gasteiger partial charge < -0.3 is 107 Å². The predicted octanol–water partition coefficient (Wildman–Crippen LogP) is 7.38. The third kappa shape index (κ3) is 11.7. The van der Waals surface area contributed by atoms with E-state index in [9.17, 15) is 35.7 Å². The third-order valence-corrected chi connectivity index (χ3v) is 16.1. The average molecular weight is 1170 g/mol. The average Bonchev–Trinajstić information content (AvgIpc) is 3.48. The smallest absolute Gasteiger partial charge is 0.231 e. The Morgan fingerprint density at radius 1 is 0.381 bits per heavy atom. The lowest BCUT2D eigenvalue weighted by Gasteiger charge is -2.26. The maximum Gasteiger partial charge on any atom is 0.231 e. The van der Waals surface area contributed by atoms with Crippen LogP contribution in [0.5, 0.6) is 80.5 Å². The number of rotatable bonds is 25. The highest BCUT2D eigenvalue weighted by Gasteiger charge is 2.50. The lowest BCUT2D eigenvalue weighted by atomic mass is 9.84. The Bertz CT molecular complexity index is 3190. The van der Waals surface area contributed by atoms with E-state index in [1.54, 1.807) is 54.6 Å². The molecule has 4 aliphatic rings. The highest BCUT2D eigenvalue weighted by atomic mass is 16.7. The molecular formula is C62H70O22. The van der Waals surface area contributed by atoms with Crippen LogP contribution in [0.1, 0.15) is 70.0 Å². The molecule has 0 amide bonds. The van der Waals surface area contributed by atoms with Crippen molar-refractivity contribution in [2.45, 2.75) is 48.8 Å². The van der Waals surface area contributed by atoms with Gasteiger partial charge in [0.25, 0.3) is 0 Å². The molecule has 7 N–H and O–H groups in total. The molecule has 6 aromatic rings. The number of aliphatic hydroxyl groups is 4. The lowest BCUT2D eigenvalue weighted by molar-refractivity contribution is -0.00221. The number of benzene rings is 6. The zero-order valence-electron chi connectivity index (χ0n) is 47.4. The molecule has 0 aromatic heterocycles. The number of methoxy groups -OCH3 is 7. The van der Waals surface area contributed by atoms with E-state index >= 15 is 0 Å². The first-order valence-corrected chi connectivity index (χ1v) is 27.2. The Hall–Kier alpha value is -7.80. The second kappa shape index (κ2) is 26.0. The van der Waals surface area contributed by atoms with Crippen molar-refractivity contribution in [2.24, 2.45) is 23.7 Å². The van der Waals surface area contributed by atoms with E-state index in [1.165, 1.54) is 80.1 Å². The monoisotopic (exact) mass is 1170 g/mol. The van der Waals surface area contributed by atoms with Crippen LogP contribution in [0.25, 0.3) is 0 Å². The molecule has 22 nitrogen and oxygen atoms in total. The molecule has 0 aliphatic carbocycles. The summed E-state index contributed by atoms with van der Waals surface area (Å²) in [5.41, 5.74) is 3.74. The van der Waals surface area contributed by atoms with Gasteiger partial charge in [0.15, 0.2) is 81.2 Å². The summed E-state index contributed by atoms with van der Waals surface area (Å²) in [7, 11) is 10.3. The topological polar surface area (TPSA) is 280 Å². The molecule has 0 unspecified atom stereocenters. The molecule has 450 valence electrons. The van der Waals surface area contributed by atoms with Crippen LogP contribution in [-0.2, 0) is 18.9 Å². The Balaban J connectivity index is 0.770. The lowest BCUT2D eigenvalue weighted by Crippen LogP contribution is -2.29. The molecule has 4 aliphatic heterocycles. The minimum absolute atomic E-state index is 0.00629. The van der Waals surface area contributed by atoms with Crippen molar-refractivity contribution in [3.05, 3.63) is 130 Å². The Morgan fingerprint density at radius 2 is 0.702 bits per heavy atom. The normalized spacial score (nSPS) is 22.9. The van der Waals surface area contributed by atoms with E-state index < -0.39 is 50.5 Å². The molecule has 6 aromatic carbocycles.